The third kappa shape index (κ3) is 3.31. The van der Waals surface area contributed by atoms with Crippen LogP contribution in [0.1, 0.15) is 37.2 Å². The van der Waals surface area contributed by atoms with Crippen LogP contribution >= 0.6 is 0 Å². The second-order valence-corrected chi connectivity index (χ2v) is 5.09. The Bertz CT molecular complexity index is 580. The summed E-state index contributed by atoms with van der Waals surface area (Å²) >= 11 is 0. The van der Waals surface area contributed by atoms with Crippen molar-refractivity contribution in [1.82, 2.24) is 10.5 Å². The van der Waals surface area contributed by atoms with Gasteiger partial charge in [0.05, 0.1) is 5.54 Å². The van der Waals surface area contributed by atoms with Crippen LogP contribution in [0.2, 0.25) is 0 Å². The van der Waals surface area contributed by atoms with Crippen LogP contribution in [0.25, 0.3) is 11.3 Å². The number of amides is 1. The molecule has 5 nitrogen and oxygen atoms in total. The van der Waals surface area contributed by atoms with Gasteiger partial charge in [0, 0.05) is 18.2 Å². The van der Waals surface area contributed by atoms with Crippen molar-refractivity contribution < 1.29 is 9.32 Å². The average molecular weight is 287 g/mol. The van der Waals surface area contributed by atoms with Gasteiger partial charge in [-0.25, -0.2) is 0 Å². The SMILES string of the molecule is CCC(CC)(CN)NC(=O)c1cc(-c2ccccc2)no1. The Balaban J connectivity index is 2.16. The summed E-state index contributed by atoms with van der Waals surface area (Å²) in [6, 6.07) is 11.2. The minimum absolute atomic E-state index is 0.202. The first-order chi connectivity index (χ1) is 10.1. The van der Waals surface area contributed by atoms with Gasteiger partial charge in [0.15, 0.2) is 0 Å². The monoisotopic (exact) mass is 287 g/mol. The average Bonchev–Trinajstić information content (AvgIpc) is 3.04. The van der Waals surface area contributed by atoms with E-state index in [4.69, 9.17) is 10.3 Å². The maximum atomic E-state index is 12.3. The summed E-state index contributed by atoms with van der Waals surface area (Å²) < 4.78 is 5.16. The minimum atomic E-state index is -0.392. The molecule has 2 aromatic rings. The normalized spacial score (nSPS) is 11.4. The number of hydrogen-bond donors (Lipinski definition) is 2. The van der Waals surface area contributed by atoms with Crippen molar-refractivity contribution in [3.63, 3.8) is 0 Å². The number of rotatable bonds is 6. The van der Waals surface area contributed by atoms with E-state index in [-0.39, 0.29) is 11.7 Å². The summed E-state index contributed by atoms with van der Waals surface area (Å²) in [6.07, 6.45) is 1.54. The van der Waals surface area contributed by atoms with Crippen molar-refractivity contribution in [1.29, 1.82) is 0 Å². The van der Waals surface area contributed by atoms with Gasteiger partial charge in [0.25, 0.3) is 5.91 Å². The first kappa shape index (κ1) is 15.3. The van der Waals surface area contributed by atoms with Crippen LogP contribution < -0.4 is 11.1 Å². The first-order valence-electron chi connectivity index (χ1n) is 7.19. The lowest BCUT2D eigenvalue weighted by molar-refractivity contribution is 0.0857. The van der Waals surface area contributed by atoms with Crippen molar-refractivity contribution in [3.8, 4) is 11.3 Å². The Hall–Kier alpha value is -2.14. The highest BCUT2D eigenvalue weighted by atomic mass is 16.5. The van der Waals surface area contributed by atoms with Crippen molar-refractivity contribution in [2.24, 2.45) is 5.73 Å². The molecule has 3 N–H and O–H groups in total. The number of hydrogen-bond acceptors (Lipinski definition) is 4. The van der Waals surface area contributed by atoms with Gasteiger partial charge in [-0.2, -0.15) is 0 Å². The second kappa shape index (κ2) is 6.54. The number of nitrogens with zero attached hydrogens (tertiary/aromatic N) is 1. The molecule has 1 aromatic heterocycles. The van der Waals surface area contributed by atoms with Crippen LogP contribution in [-0.4, -0.2) is 23.1 Å². The molecule has 5 heteroatoms. The van der Waals surface area contributed by atoms with Crippen LogP contribution in [0.15, 0.2) is 40.9 Å². The summed E-state index contributed by atoms with van der Waals surface area (Å²) in [5.41, 5.74) is 6.96. The molecule has 0 saturated carbocycles. The molecular formula is C16H21N3O2. The molecule has 0 aliphatic heterocycles. The van der Waals surface area contributed by atoms with Crippen molar-refractivity contribution in [2.75, 3.05) is 6.54 Å². The highest BCUT2D eigenvalue weighted by Crippen LogP contribution is 2.20. The lowest BCUT2D eigenvalue weighted by Gasteiger charge is -2.30. The smallest absolute Gasteiger partial charge is 0.290 e. The fourth-order valence-corrected chi connectivity index (χ4v) is 2.20. The van der Waals surface area contributed by atoms with Gasteiger partial charge in [-0.15, -0.1) is 0 Å². The number of nitrogens with one attached hydrogen (secondary N) is 1. The van der Waals surface area contributed by atoms with Gasteiger partial charge in [-0.3, -0.25) is 4.79 Å². The molecule has 0 radical (unpaired) electrons. The molecule has 0 saturated heterocycles. The quantitative estimate of drug-likeness (QED) is 0.855. The summed E-state index contributed by atoms with van der Waals surface area (Å²) in [5.74, 6) is -0.0765. The van der Waals surface area contributed by atoms with Crippen LogP contribution in [0.5, 0.6) is 0 Å². The summed E-state index contributed by atoms with van der Waals surface area (Å²) in [4.78, 5) is 12.3. The van der Waals surface area contributed by atoms with E-state index in [2.05, 4.69) is 10.5 Å². The van der Waals surface area contributed by atoms with Gasteiger partial charge < -0.3 is 15.6 Å². The summed E-state index contributed by atoms with van der Waals surface area (Å²) in [7, 11) is 0. The largest absolute Gasteiger partial charge is 0.350 e. The molecule has 0 atom stereocenters. The molecule has 21 heavy (non-hydrogen) atoms. The highest BCUT2D eigenvalue weighted by Gasteiger charge is 2.28. The number of benzene rings is 1. The maximum Gasteiger partial charge on any atom is 0.290 e. The van der Waals surface area contributed by atoms with E-state index in [9.17, 15) is 4.79 Å². The Kier molecular flexibility index (Phi) is 4.75. The Morgan fingerprint density at radius 3 is 2.52 bits per heavy atom. The van der Waals surface area contributed by atoms with E-state index in [1.54, 1.807) is 6.07 Å². The number of nitrogens with two attached hydrogens (primary N) is 1. The Morgan fingerprint density at radius 1 is 1.29 bits per heavy atom. The number of carbonyl (C=O) groups excluding carboxylic acids is 1. The molecule has 2 rings (SSSR count). The number of carbonyl (C=O) groups is 1. The fourth-order valence-electron chi connectivity index (χ4n) is 2.20. The van der Waals surface area contributed by atoms with Crippen molar-refractivity contribution >= 4 is 5.91 Å². The topological polar surface area (TPSA) is 81.1 Å². The molecule has 0 aliphatic rings. The molecule has 1 aromatic carbocycles. The summed E-state index contributed by atoms with van der Waals surface area (Å²) in [5, 5.41) is 6.91. The molecule has 1 heterocycles. The third-order valence-electron chi connectivity index (χ3n) is 3.93. The van der Waals surface area contributed by atoms with E-state index in [0.29, 0.717) is 12.2 Å². The maximum absolute atomic E-state index is 12.3. The van der Waals surface area contributed by atoms with Gasteiger partial charge in [0.1, 0.15) is 5.69 Å². The molecule has 0 aliphatic carbocycles. The Labute approximate surface area is 124 Å². The minimum Gasteiger partial charge on any atom is -0.350 e. The van der Waals surface area contributed by atoms with E-state index in [1.165, 1.54) is 0 Å². The zero-order valence-electron chi connectivity index (χ0n) is 12.4. The van der Waals surface area contributed by atoms with Gasteiger partial charge in [0.2, 0.25) is 5.76 Å². The summed E-state index contributed by atoms with van der Waals surface area (Å²) in [6.45, 7) is 4.41. The Morgan fingerprint density at radius 2 is 1.95 bits per heavy atom. The zero-order chi connectivity index (χ0) is 15.3. The van der Waals surface area contributed by atoms with Crippen LogP contribution in [0, 0.1) is 0 Å². The van der Waals surface area contributed by atoms with Gasteiger partial charge in [-0.05, 0) is 12.8 Å². The second-order valence-electron chi connectivity index (χ2n) is 5.09. The predicted octanol–water partition coefficient (Wildman–Crippen LogP) is 2.59. The molecule has 0 spiro atoms. The van der Waals surface area contributed by atoms with E-state index >= 15 is 0 Å². The van der Waals surface area contributed by atoms with Crippen LogP contribution in [-0.2, 0) is 0 Å². The van der Waals surface area contributed by atoms with E-state index in [1.807, 2.05) is 44.2 Å². The first-order valence-corrected chi connectivity index (χ1v) is 7.19. The molecule has 1 amide bonds. The van der Waals surface area contributed by atoms with Gasteiger partial charge in [-0.1, -0.05) is 49.3 Å². The number of aromatic nitrogens is 1. The van der Waals surface area contributed by atoms with Crippen molar-refractivity contribution in [3.05, 3.63) is 42.2 Å². The highest BCUT2D eigenvalue weighted by molar-refractivity contribution is 5.92. The molecule has 112 valence electrons. The fraction of sp³-hybridized carbons (Fsp3) is 0.375. The molecule has 0 fully saturated rings. The lowest BCUT2D eigenvalue weighted by Crippen LogP contribution is -2.52. The van der Waals surface area contributed by atoms with Crippen molar-refractivity contribution in [2.45, 2.75) is 32.2 Å². The van der Waals surface area contributed by atoms with Gasteiger partial charge >= 0.3 is 0 Å². The lowest BCUT2D eigenvalue weighted by atomic mass is 9.93. The third-order valence-corrected chi connectivity index (χ3v) is 3.93. The van der Waals surface area contributed by atoms with E-state index in [0.717, 1.165) is 18.4 Å². The van der Waals surface area contributed by atoms with Crippen LogP contribution in [0.3, 0.4) is 0 Å². The molecule has 0 unspecified atom stereocenters. The predicted molar refractivity (Wildman–Crippen MR) is 81.8 cm³/mol. The standard InChI is InChI=1S/C16H21N3O2/c1-3-16(4-2,11-17)18-15(20)14-10-13(19-21-14)12-8-6-5-7-9-12/h5-10H,3-4,11,17H2,1-2H3,(H,18,20). The van der Waals surface area contributed by atoms with E-state index < -0.39 is 5.54 Å². The molecular weight excluding hydrogens is 266 g/mol. The van der Waals surface area contributed by atoms with Crippen LogP contribution in [0.4, 0.5) is 0 Å². The zero-order valence-corrected chi connectivity index (χ0v) is 12.4. The molecule has 0 bridgehead atoms.